The lowest BCUT2D eigenvalue weighted by Gasteiger charge is -2.27. The van der Waals surface area contributed by atoms with E-state index in [1.165, 1.54) is 6.07 Å². The Kier molecular flexibility index (Phi) is 6.39. The number of carbonyl (C=O) groups excluding carboxylic acids is 1. The molecule has 1 aliphatic rings. The molecule has 0 radical (unpaired) electrons. The molecule has 1 amide bonds. The van der Waals surface area contributed by atoms with E-state index in [0.717, 1.165) is 54.8 Å². The highest BCUT2D eigenvalue weighted by Gasteiger charge is 2.25. The van der Waals surface area contributed by atoms with Crippen molar-refractivity contribution in [2.45, 2.75) is 45.1 Å². The summed E-state index contributed by atoms with van der Waals surface area (Å²) in [6.07, 6.45) is 5.88. The zero-order valence-corrected chi connectivity index (χ0v) is 19.8. The lowest BCUT2D eigenvalue weighted by Crippen LogP contribution is -2.24. The van der Waals surface area contributed by atoms with Crippen molar-refractivity contribution in [2.24, 2.45) is 13.0 Å². The fourth-order valence-corrected chi connectivity index (χ4v) is 4.79. The topological polar surface area (TPSA) is 126 Å². The zero-order chi connectivity index (χ0) is 24.4. The number of nitrogens with one attached hydrogen (secondary N) is 3. The Bertz CT molecular complexity index is 1330. The van der Waals surface area contributed by atoms with Crippen LogP contribution in [-0.4, -0.2) is 47.8 Å². The van der Waals surface area contributed by atoms with Gasteiger partial charge in [0.25, 0.3) is 5.91 Å². The molecule has 3 heterocycles. The van der Waals surface area contributed by atoms with Gasteiger partial charge in [-0.15, -0.1) is 10.2 Å². The van der Waals surface area contributed by atoms with E-state index in [1.807, 2.05) is 13.1 Å². The molecule has 0 aliphatic heterocycles. The lowest BCUT2D eigenvalue weighted by molar-refractivity contribution is 0.0947. The number of aryl methyl sites for hydroxylation is 2. The third-order valence-corrected chi connectivity index (χ3v) is 6.78. The third-order valence-electron chi connectivity index (χ3n) is 6.78. The maximum atomic E-state index is 13.5. The van der Waals surface area contributed by atoms with E-state index in [2.05, 4.69) is 41.3 Å². The molecule has 0 atom stereocenters. The molecule has 1 aliphatic carbocycles. The van der Waals surface area contributed by atoms with E-state index in [1.54, 1.807) is 29.9 Å². The van der Waals surface area contributed by atoms with Gasteiger partial charge in [0.05, 0.1) is 0 Å². The first-order chi connectivity index (χ1) is 17.0. The maximum Gasteiger partial charge on any atom is 0.272 e. The van der Waals surface area contributed by atoms with Crippen molar-refractivity contribution in [1.82, 2.24) is 40.7 Å². The average Bonchev–Trinajstić information content (AvgIpc) is 3.51. The van der Waals surface area contributed by atoms with Crippen LogP contribution >= 0.6 is 0 Å². The third kappa shape index (κ3) is 4.84. The number of benzene rings is 1. The van der Waals surface area contributed by atoms with E-state index < -0.39 is 0 Å². The average molecular weight is 478 g/mol. The van der Waals surface area contributed by atoms with E-state index in [4.69, 9.17) is 0 Å². The minimum atomic E-state index is -0.318. The van der Waals surface area contributed by atoms with Gasteiger partial charge in [0, 0.05) is 37.6 Å². The Labute approximate surface area is 201 Å². The first-order valence-corrected chi connectivity index (χ1v) is 11.8. The standard InChI is InChI=1S/C24H28FN9O/c1-14-11-16(5-8-19(14)25)13-28-24(35)21-20-18(9-10-26-21)23(34(2)31-20)27-12-15-3-6-17(7-4-15)22-29-32-33-30-22/h5,8-11,15,17,27H,3-4,6-7,12-13H2,1-2H3,(H,28,35)(H,29,30,32,33). The van der Waals surface area contributed by atoms with Crippen molar-refractivity contribution in [3.8, 4) is 0 Å². The van der Waals surface area contributed by atoms with Gasteiger partial charge in [0.2, 0.25) is 0 Å². The molecular weight excluding hydrogens is 449 g/mol. The molecule has 3 N–H and O–H groups in total. The maximum absolute atomic E-state index is 13.5. The number of hydrogen-bond donors (Lipinski definition) is 3. The summed E-state index contributed by atoms with van der Waals surface area (Å²) < 4.78 is 15.3. The monoisotopic (exact) mass is 477 g/mol. The van der Waals surface area contributed by atoms with E-state index in [0.29, 0.717) is 22.9 Å². The van der Waals surface area contributed by atoms with Crippen molar-refractivity contribution in [3.05, 3.63) is 58.9 Å². The Morgan fingerprint density at radius 3 is 2.80 bits per heavy atom. The van der Waals surface area contributed by atoms with Gasteiger partial charge in [-0.3, -0.25) is 9.48 Å². The van der Waals surface area contributed by atoms with Crippen LogP contribution in [0.1, 0.15) is 59.0 Å². The normalized spacial score (nSPS) is 18.0. The molecule has 35 heavy (non-hydrogen) atoms. The quantitative estimate of drug-likeness (QED) is 0.373. The lowest BCUT2D eigenvalue weighted by atomic mass is 9.81. The Morgan fingerprint density at radius 2 is 2.06 bits per heavy atom. The van der Waals surface area contributed by atoms with E-state index in [9.17, 15) is 9.18 Å². The molecule has 1 fully saturated rings. The van der Waals surface area contributed by atoms with Gasteiger partial charge in [0.15, 0.2) is 11.5 Å². The summed E-state index contributed by atoms with van der Waals surface area (Å²) in [6.45, 7) is 2.80. The van der Waals surface area contributed by atoms with Crippen LogP contribution in [-0.2, 0) is 13.6 Å². The molecule has 10 nitrogen and oxygen atoms in total. The molecule has 3 aromatic heterocycles. The number of rotatable bonds is 7. The van der Waals surface area contributed by atoms with E-state index in [-0.39, 0.29) is 24.0 Å². The summed E-state index contributed by atoms with van der Waals surface area (Å²) in [5.74, 6) is 2.00. The smallest absolute Gasteiger partial charge is 0.272 e. The van der Waals surface area contributed by atoms with Crippen LogP contribution in [0.4, 0.5) is 10.2 Å². The summed E-state index contributed by atoms with van der Waals surface area (Å²) in [5, 5.41) is 26.3. The largest absolute Gasteiger partial charge is 0.369 e. The Balaban J connectivity index is 1.24. The van der Waals surface area contributed by atoms with Gasteiger partial charge >= 0.3 is 0 Å². The zero-order valence-electron chi connectivity index (χ0n) is 19.8. The van der Waals surface area contributed by atoms with Gasteiger partial charge < -0.3 is 10.6 Å². The number of anilines is 1. The predicted molar refractivity (Wildman–Crippen MR) is 128 cm³/mol. The summed E-state index contributed by atoms with van der Waals surface area (Å²) in [6, 6.07) is 6.67. The second-order valence-corrected chi connectivity index (χ2v) is 9.16. The number of aromatic nitrogens is 7. The predicted octanol–water partition coefficient (Wildman–Crippen LogP) is 3.24. The van der Waals surface area contributed by atoms with Crippen molar-refractivity contribution in [3.63, 3.8) is 0 Å². The molecule has 0 bridgehead atoms. The first kappa shape index (κ1) is 22.9. The van der Waals surface area contributed by atoms with Crippen LogP contribution in [0.25, 0.3) is 10.9 Å². The number of aromatic amines is 1. The van der Waals surface area contributed by atoms with Crippen LogP contribution in [0.2, 0.25) is 0 Å². The van der Waals surface area contributed by atoms with Crippen molar-refractivity contribution in [2.75, 3.05) is 11.9 Å². The summed E-state index contributed by atoms with van der Waals surface area (Å²) in [5.41, 5.74) is 2.18. The molecule has 182 valence electrons. The fourth-order valence-electron chi connectivity index (χ4n) is 4.79. The second-order valence-electron chi connectivity index (χ2n) is 9.16. The minimum absolute atomic E-state index is 0.264. The number of hydrogen-bond acceptors (Lipinski definition) is 7. The van der Waals surface area contributed by atoms with Crippen molar-refractivity contribution >= 4 is 22.6 Å². The summed E-state index contributed by atoms with van der Waals surface area (Å²) in [4.78, 5) is 17.2. The highest BCUT2D eigenvalue weighted by atomic mass is 19.1. The highest BCUT2D eigenvalue weighted by Crippen LogP contribution is 2.34. The van der Waals surface area contributed by atoms with Crippen LogP contribution in [0.3, 0.4) is 0 Å². The van der Waals surface area contributed by atoms with Gasteiger partial charge in [-0.05, 0) is 61.8 Å². The number of pyridine rings is 1. The highest BCUT2D eigenvalue weighted by molar-refractivity contribution is 6.06. The minimum Gasteiger partial charge on any atom is -0.369 e. The van der Waals surface area contributed by atoms with Crippen molar-refractivity contribution in [1.29, 1.82) is 0 Å². The van der Waals surface area contributed by atoms with Gasteiger partial charge in [-0.25, -0.2) is 9.37 Å². The number of fused-ring (bicyclic) bond motifs is 1. The Hall–Kier alpha value is -3.89. The molecule has 0 unspecified atom stereocenters. The van der Waals surface area contributed by atoms with Crippen LogP contribution in [0, 0.1) is 18.7 Å². The summed E-state index contributed by atoms with van der Waals surface area (Å²) in [7, 11) is 1.86. The Morgan fingerprint density at radius 1 is 1.23 bits per heavy atom. The molecule has 1 aromatic carbocycles. The van der Waals surface area contributed by atoms with Crippen molar-refractivity contribution < 1.29 is 9.18 Å². The molecule has 4 aromatic rings. The number of tetrazole rings is 1. The van der Waals surface area contributed by atoms with E-state index >= 15 is 0 Å². The van der Waals surface area contributed by atoms with Crippen LogP contribution < -0.4 is 10.6 Å². The second kappa shape index (κ2) is 9.77. The number of halogens is 1. The SMILES string of the molecule is Cc1cc(CNC(=O)c2nccc3c(NCC4CCC(c5nn[nH]n5)CC4)n(C)nc23)ccc1F. The fraction of sp³-hybridized carbons (Fsp3) is 0.417. The number of H-pyrrole nitrogens is 1. The number of carbonyl (C=O) groups is 1. The molecule has 1 saturated carbocycles. The molecule has 11 heteroatoms. The molecule has 5 rings (SSSR count). The molecule has 0 saturated heterocycles. The van der Waals surface area contributed by atoms with Gasteiger partial charge in [-0.2, -0.15) is 10.3 Å². The molecular formula is C24H28FN9O. The van der Waals surface area contributed by atoms with Gasteiger partial charge in [0.1, 0.15) is 17.2 Å². The summed E-state index contributed by atoms with van der Waals surface area (Å²) >= 11 is 0. The van der Waals surface area contributed by atoms with Gasteiger partial charge in [-0.1, -0.05) is 17.3 Å². The van der Waals surface area contributed by atoms with Crippen LogP contribution in [0.15, 0.2) is 30.5 Å². The first-order valence-electron chi connectivity index (χ1n) is 11.8. The number of nitrogens with zero attached hydrogens (tertiary/aromatic N) is 6. The number of amides is 1. The van der Waals surface area contributed by atoms with Crippen LogP contribution in [0.5, 0.6) is 0 Å². The molecule has 0 spiro atoms.